The third-order valence-electron chi connectivity index (χ3n) is 4.70. The number of aryl methyl sites for hydroxylation is 1. The molecule has 0 bridgehead atoms. The summed E-state index contributed by atoms with van der Waals surface area (Å²) in [6.45, 7) is 4.00. The number of nitrogens with one attached hydrogen (secondary N) is 1. The first kappa shape index (κ1) is 15.7. The van der Waals surface area contributed by atoms with Gasteiger partial charge in [0.05, 0.1) is 0 Å². The van der Waals surface area contributed by atoms with Crippen LogP contribution >= 0.6 is 0 Å². The molecule has 2 aromatic heterocycles. The van der Waals surface area contributed by atoms with Gasteiger partial charge >= 0.3 is 0 Å². The van der Waals surface area contributed by atoms with E-state index in [-0.39, 0.29) is 11.9 Å². The first-order chi connectivity index (χ1) is 12.1. The number of hydrogen-bond donors (Lipinski definition) is 1. The Bertz CT molecular complexity index is 911. The first-order valence-electron chi connectivity index (χ1n) is 8.39. The lowest BCUT2D eigenvalue weighted by Crippen LogP contribution is -2.10. The number of hydrogen-bond acceptors (Lipinski definition) is 4. The van der Waals surface area contributed by atoms with Gasteiger partial charge < -0.3 is 5.32 Å². The number of nitrogens with zero attached hydrogens (tertiary/aromatic N) is 3. The molecule has 4 rings (SSSR count). The van der Waals surface area contributed by atoms with Crippen molar-refractivity contribution in [1.29, 1.82) is 0 Å². The zero-order chi connectivity index (χ0) is 17.4. The molecule has 2 atom stereocenters. The van der Waals surface area contributed by atoms with Crippen LogP contribution in [0, 0.1) is 19.7 Å². The summed E-state index contributed by atoms with van der Waals surface area (Å²) in [5, 5.41) is 3.51. The molecule has 3 aromatic rings. The fourth-order valence-corrected chi connectivity index (χ4v) is 3.03. The van der Waals surface area contributed by atoms with E-state index in [2.05, 4.69) is 15.3 Å². The molecular weight excluding hydrogens is 315 g/mol. The molecule has 0 spiro atoms. The van der Waals surface area contributed by atoms with Crippen molar-refractivity contribution >= 4 is 5.82 Å². The Morgan fingerprint density at radius 3 is 2.76 bits per heavy atom. The predicted octanol–water partition coefficient (Wildman–Crippen LogP) is 4.26. The lowest BCUT2D eigenvalue weighted by atomic mass is 10.1. The fraction of sp³-hybridized carbons (Fsp3) is 0.250. The second-order valence-electron chi connectivity index (χ2n) is 6.50. The summed E-state index contributed by atoms with van der Waals surface area (Å²) in [4.78, 5) is 13.4. The number of anilines is 1. The average Bonchev–Trinajstić information content (AvgIpc) is 3.39. The Labute approximate surface area is 146 Å². The van der Waals surface area contributed by atoms with Crippen LogP contribution in [0.1, 0.15) is 29.2 Å². The second-order valence-corrected chi connectivity index (χ2v) is 6.50. The Kier molecular flexibility index (Phi) is 3.92. The van der Waals surface area contributed by atoms with E-state index in [1.165, 1.54) is 6.07 Å². The highest BCUT2D eigenvalue weighted by atomic mass is 19.1. The van der Waals surface area contributed by atoms with Gasteiger partial charge in [-0.05, 0) is 50.1 Å². The van der Waals surface area contributed by atoms with Crippen LogP contribution < -0.4 is 5.32 Å². The Morgan fingerprint density at radius 1 is 1.12 bits per heavy atom. The molecule has 0 aliphatic heterocycles. The molecular formula is C20H19FN4. The van der Waals surface area contributed by atoms with Crippen molar-refractivity contribution in [3.8, 4) is 11.4 Å². The largest absolute Gasteiger partial charge is 0.366 e. The van der Waals surface area contributed by atoms with Crippen LogP contribution in [0.15, 0.2) is 48.8 Å². The molecule has 1 aliphatic carbocycles. The van der Waals surface area contributed by atoms with Gasteiger partial charge in [-0.3, -0.25) is 4.98 Å². The fourth-order valence-electron chi connectivity index (χ4n) is 3.03. The summed E-state index contributed by atoms with van der Waals surface area (Å²) in [6.07, 6.45) is 4.48. The van der Waals surface area contributed by atoms with Crippen molar-refractivity contribution in [2.75, 3.05) is 5.32 Å². The molecule has 25 heavy (non-hydrogen) atoms. The van der Waals surface area contributed by atoms with Gasteiger partial charge in [0.1, 0.15) is 11.6 Å². The second kappa shape index (κ2) is 6.24. The lowest BCUT2D eigenvalue weighted by molar-refractivity contribution is 0.625. The third-order valence-corrected chi connectivity index (χ3v) is 4.70. The molecule has 4 nitrogen and oxygen atoms in total. The Hall–Kier alpha value is -2.82. The molecule has 1 N–H and O–H groups in total. The van der Waals surface area contributed by atoms with Crippen molar-refractivity contribution in [3.63, 3.8) is 0 Å². The van der Waals surface area contributed by atoms with Crippen LogP contribution in [-0.4, -0.2) is 21.0 Å². The maximum Gasteiger partial charge on any atom is 0.163 e. The van der Waals surface area contributed by atoms with Gasteiger partial charge in [0.25, 0.3) is 0 Å². The molecule has 1 aromatic carbocycles. The van der Waals surface area contributed by atoms with Crippen LogP contribution in [0.25, 0.3) is 11.4 Å². The van der Waals surface area contributed by atoms with Crippen molar-refractivity contribution in [3.05, 3.63) is 71.4 Å². The van der Waals surface area contributed by atoms with Gasteiger partial charge in [0.2, 0.25) is 0 Å². The van der Waals surface area contributed by atoms with Gasteiger partial charge in [0.15, 0.2) is 5.82 Å². The smallest absolute Gasteiger partial charge is 0.163 e. The molecule has 126 valence electrons. The Balaban J connectivity index is 1.58. The maximum atomic E-state index is 13.4. The van der Waals surface area contributed by atoms with Crippen molar-refractivity contribution in [1.82, 2.24) is 15.0 Å². The van der Waals surface area contributed by atoms with Gasteiger partial charge in [-0.2, -0.15) is 0 Å². The molecule has 1 fully saturated rings. The predicted molar refractivity (Wildman–Crippen MR) is 95.9 cm³/mol. The molecule has 0 unspecified atom stereocenters. The third kappa shape index (κ3) is 3.22. The number of halogens is 1. The molecule has 0 radical (unpaired) electrons. The van der Waals surface area contributed by atoms with E-state index in [1.54, 1.807) is 24.5 Å². The molecule has 0 amide bonds. The van der Waals surface area contributed by atoms with E-state index in [1.807, 2.05) is 32.0 Å². The topological polar surface area (TPSA) is 50.7 Å². The molecule has 1 saturated carbocycles. The highest BCUT2D eigenvalue weighted by Crippen LogP contribution is 2.43. The number of pyridine rings is 1. The SMILES string of the molecule is Cc1nc(-c2cccnc2)nc(N[C@@H]2C[C@H]2c2cccc(F)c2)c1C. The highest BCUT2D eigenvalue weighted by Gasteiger charge is 2.39. The molecule has 1 aliphatic rings. The summed E-state index contributed by atoms with van der Waals surface area (Å²) in [6, 6.07) is 10.9. The quantitative estimate of drug-likeness (QED) is 0.774. The summed E-state index contributed by atoms with van der Waals surface area (Å²) < 4.78 is 13.4. The van der Waals surface area contributed by atoms with Crippen LogP contribution in [0.3, 0.4) is 0 Å². The summed E-state index contributed by atoms with van der Waals surface area (Å²) >= 11 is 0. The standard InChI is InChI=1S/C20H19FN4/c1-12-13(2)23-20(15-6-4-8-22-11-15)25-19(12)24-18-10-17(18)14-5-3-7-16(21)9-14/h3-9,11,17-18H,10H2,1-2H3,(H,23,24,25)/t17-,18+/m0/s1. The van der Waals surface area contributed by atoms with Gasteiger partial charge in [-0.1, -0.05) is 12.1 Å². The lowest BCUT2D eigenvalue weighted by Gasteiger charge is -2.12. The number of rotatable bonds is 4. The zero-order valence-corrected chi connectivity index (χ0v) is 14.2. The van der Waals surface area contributed by atoms with Gasteiger partial charge in [-0.15, -0.1) is 0 Å². The first-order valence-corrected chi connectivity index (χ1v) is 8.39. The van der Waals surface area contributed by atoms with E-state index in [0.29, 0.717) is 11.7 Å². The normalized spacial score (nSPS) is 18.8. The Morgan fingerprint density at radius 2 is 2.00 bits per heavy atom. The van der Waals surface area contributed by atoms with Gasteiger partial charge in [-0.25, -0.2) is 14.4 Å². The van der Waals surface area contributed by atoms with E-state index in [9.17, 15) is 4.39 Å². The van der Waals surface area contributed by atoms with Crippen LogP contribution in [0.5, 0.6) is 0 Å². The van der Waals surface area contributed by atoms with E-state index in [4.69, 9.17) is 4.98 Å². The van der Waals surface area contributed by atoms with E-state index in [0.717, 1.165) is 34.6 Å². The van der Waals surface area contributed by atoms with Crippen molar-refractivity contribution < 1.29 is 4.39 Å². The molecule has 5 heteroatoms. The van der Waals surface area contributed by atoms with E-state index < -0.39 is 0 Å². The highest BCUT2D eigenvalue weighted by molar-refractivity contribution is 5.59. The van der Waals surface area contributed by atoms with Gasteiger partial charge in [0, 0.05) is 41.2 Å². The summed E-state index contributed by atoms with van der Waals surface area (Å²) in [5.41, 5.74) is 3.91. The molecule has 0 saturated heterocycles. The molecule has 2 heterocycles. The summed E-state index contributed by atoms with van der Waals surface area (Å²) in [7, 11) is 0. The van der Waals surface area contributed by atoms with E-state index >= 15 is 0 Å². The summed E-state index contributed by atoms with van der Waals surface area (Å²) in [5.74, 6) is 1.65. The number of benzene rings is 1. The zero-order valence-electron chi connectivity index (χ0n) is 14.2. The monoisotopic (exact) mass is 334 g/mol. The van der Waals surface area contributed by atoms with Crippen LogP contribution in [0.4, 0.5) is 10.2 Å². The van der Waals surface area contributed by atoms with Crippen LogP contribution in [0.2, 0.25) is 0 Å². The maximum absolute atomic E-state index is 13.4. The average molecular weight is 334 g/mol. The van der Waals surface area contributed by atoms with Crippen LogP contribution in [-0.2, 0) is 0 Å². The minimum Gasteiger partial charge on any atom is -0.366 e. The van der Waals surface area contributed by atoms with Crippen molar-refractivity contribution in [2.24, 2.45) is 0 Å². The minimum atomic E-state index is -0.184. The number of aromatic nitrogens is 3. The van der Waals surface area contributed by atoms with Crippen molar-refractivity contribution in [2.45, 2.75) is 32.2 Å². The minimum absolute atomic E-state index is 0.184.